The van der Waals surface area contributed by atoms with Gasteiger partial charge in [0.2, 0.25) is 17.5 Å². The van der Waals surface area contributed by atoms with E-state index in [1.54, 1.807) is 6.20 Å². The lowest BCUT2D eigenvalue weighted by Crippen LogP contribution is -2.41. The molecule has 0 aromatic carbocycles. The Kier molecular flexibility index (Phi) is 4.97. The average Bonchev–Trinajstić information content (AvgIpc) is 3.55. The molecule has 33 heavy (non-hydrogen) atoms. The zero-order valence-electron chi connectivity index (χ0n) is 19.3. The highest BCUT2D eigenvalue weighted by molar-refractivity contribution is 5.91. The van der Waals surface area contributed by atoms with E-state index in [1.165, 1.54) is 6.42 Å². The summed E-state index contributed by atoms with van der Waals surface area (Å²) in [6, 6.07) is 0.348. The fourth-order valence-corrected chi connectivity index (χ4v) is 6.17. The van der Waals surface area contributed by atoms with Gasteiger partial charge >= 0.3 is 0 Å². The minimum atomic E-state index is -0.493. The molecule has 3 aromatic rings. The van der Waals surface area contributed by atoms with Gasteiger partial charge in [-0.1, -0.05) is 11.6 Å². The number of nitrogens with zero attached hydrogens (tertiary/aromatic N) is 5. The number of H-pyrrole nitrogens is 1. The van der Waals surface area contributed by atoms with Gasteiger partial charge in [-0.05, 0) is 65.5 Å². The SMILES string of the molecule is C[C@H](Oc1nc(-c2onc3c2CCC[C@@]32CCCCC2=O)nc2[nH]ncc12)[C@@H]1CCCN1C. The highest BCUT2D eigenvalue weighted by Gasteiger charge is 2.48. The minimum absolute atomic E-state index is 0.0230. The number of rotatable bonds is 4. The topological polar surface area (TPSA) is 110 Å². The van der Waals surface area contributed by atoms with Crippen LogP contribution in [0.4, 0.5) is 0 Å². The van der Waals surface area contributed by atoms with Gasteiger partial charge in [0.05, 0.1) is 11.6 Å². The van der Waals surface area contributed by atoms with Crippen LogP contribution >= 0.6 is 0 Å². The Hall–Kier alpha value is -2.81. The summed E-state index contributed by atoms with van der Waals surface area (Å²) in [7, 11) is 2.14. The molecule has 1 N–H and O–H groups in total. The van der Waals surface area contributed by atoms with Gasteiger partial charge in [0.15, 0.2) is 5.65 Å². The van der Waals surface area contributed by atoms with E-state index in [1.807, 2.05) is 0 Å². The van der Waals surface area contributed by atoms with E-state index >= 15 is 0 Å². The smallest absolute Gasteiger partial charge is 0.228 e. The number of carbonyl (C=O) groups excluding carboxylic acids is 1. The van der Waals surface area contributed by atoms with Gasteiger partial charge in [-0.2, -0.15) is 10.1 Å². The average molecular weight is 451 g/mol. The summed E-state index contributed by atoms with van der Waals surface area (Å²) in [5, 5.41) is 12.3. The van der Waals surface area contributed by atoms with Crippen LogP contribution in [0.15, 0.2) is 10.7 Å². The summed E-state index contributed by atoms with van der Waals surface area (Å²) >= 11 is 0. The summed E-state index contributed by atoms with van der Waals surface area (Å²) in [6.07, 6.45) is 10.1. The first-order valence-corrected chi connectivity index (χ1v) is 12.2. The zero-order valence-corrected chi connectivity index (χ0v) is 19.3. The van der Waals surface area contributed by atoms with Crippen LogP contribution in [0.25, 0.3) is 22.6 Å². The number of hydrogen-bond donors (Lipinski definition) is 1. The number of Topliss-reactive ketones (excluding diaryl/α,β-unsaturated/α-hetero) is 1. The van der Waals surface area contributed by atoms with Crippen LogP contribution in [0, 0.1) is 0 Å². The Morgan fingerprint density at radius 3 is 2.91 bits per heavy atom. The van der Waals surface area contributed by atoms with Crippen molar-refractivity contribution in [1.29, 1.82) is 0 Å². The quantitative estimate of drug-likeness (QED) is 0.642. The fourth-order valence-electron chi connectivity index (χ4n) is 6.17. The number of ketones is 1. The normalized spacial score (nSPS) is 26.7. The lowest BCUT2D eigenvalue weighted by atomic mass is 9.64. The van der Waals surface area contributed by atoms with Gasteiger partial charge in [0, 0.05) is 18.0 Å². The monoisotopic (exact) mass is 450 g/mol. The van der Waals surface area contributed by atoms with Crippen LogP contribution in [-0.4, -0.2) is 61.7 Å². The molecular formula is C24H30N6O3. The molecular weight excluding hydrogens is 420 g/mol. The van der Waals surface area contributed by atoms with Gasteiger partial charge in [0.1, 0.15) is 23.0 Å². The highest BCUT2D eigenvalue weighted by atomic mass is 16.5. The molecule has 9 nitrogen and oxygen atoms in total. The molecule has 3 atom stereocenters. The Labute approximate surface area is 192 Å². The minimum Gasteiger partial charge on any atom is -0.472 e. The lowest BCUT2D eigenvalue weighted by molar-refractivity contribution is -0.127. The molecule has 1 saturated heterocycles. The van der Waals surface area contributed by atoms with Gasteiger partial charge in [-0.3, -0.25) is 14.8 Å². The van der Waals surface area contributed by atoms with Crippen LogP contribution < -0.4 is 4.74 Å². The van der Waals surface area contributed by atoms with Crippen molar-refractivity contribution in [2.75, 3.05) is 13.6 Å². The van der Waals surface area contributed by atoms with E-state index in [0.717, 1.165) is 68.1 Å². The molecule has 1 spiro atoms. The Bertz CT molecular complexity index is 1200. The number of carbonyl (C=O) groups is 1. The van der Waals surface area contributed by atoms with E-state index < -0.39 is 5.41 Å². The molecule has 0 unspecified atom stereocenters. The third-order valence-corrected chi connectivity index (χ3v) is 7.96. The first-order valence-electron chi connectivity index (χ1n) is 12.2. The van der Waals surface area contributed by atoms with Crippen molar-refractivity contribution in [3.05, 3.63) is 17.5 Å². The van der Waals surface area contributed by atoms with Gasteiger partial charge in [0.25, 0.3) is 0 Å². The number of hydrogen-bond acceptors (Lipinski definition) is 8. The third-order valence-electron chi connectivity index (χ3n) is 7.96. The number of likely N-dealkylation sites (N-methyl/N-ethyl adjacent to an activating group) is 1. The van der Waals surface area contributed by atoms with Crippen LogP contribution in [-0.2, 0) is 16.6 Å². The highest BCUT2D eigenvalue weighted by Crippen LogP contribution is 2.47. The van der Waals surface area contributed by atoms with Gasteiger partial charge in [-0.25, -0.2) is 4.98 Å². The summed E-state index contributed by atoms with van der Waals surface area (Å²) in [5.41, 5.74) is 1.90. The molecule has 4 heterocycles. The van der Waals surface area contributed by atoms with Crippen LogP contribution in [0.5, 0.6) is 5.88 Å². The summed E-state index contributed by atoms with van der Waals surface area (Å²) in [6.45, 7) is 3.17. The second-order valence-electron chi connectivity index (χ2n) is 9.90. The second-order valence-corrected chi connectivity index (χ2v) is 9.90. The van der Waals surface area contributed by atoms with E-state index in [2.05, 4.69) is 39.2 Å². The van der Waals surface area contributed by atoms with Gasteiger partial charge in [-0.15, -0.1) is 0 Å². The van der Waals surface area contributed by atoms with Gasteiger partial charge < -0.3 is 9.26 Å². The molecule has 0 amide bonds. The molecule has 3 aliphatic rings. The number of nitrogens with one attached hydrogen (secondary N) is 1. The third kappa shape index (κ3) is 3.27. The van der Waals surface area contributed by atoms with Crippen molar-refractivity contribution in [3.8, 4) is 17.5 Å². The first-order chi connectivity index (χ1) is 16.1. The van der Waals surface area contributed by atoms with E-state index in [9.17, 15) is 4.79 Å². The van der Waals surface area contributed by atoms with Crippen LogP contribution in [0.3, 0.4) is 0 Å². The predicted molar refractivity (Wildman–Crippen MR) is 121 cm³/mol. The molecule has 0 radical (unpaired) electrons. The molecule has 3 aromatic heterocycles. The number of fused-ring (bicyclic) bond motifs is 3. The number of likely N-dealkylation sites (tertiary alicyclic amines) is 1. The Balaban J connectivity index is 1.40. The number of aromatic nitrogens is 5. The Morgan fingerprint density at radius 2 is 2.09 bits per heavy atom. The number of ether oxygens (including phenoxy) is 1. The predicted octanol–water partition coefficient (Wildman–Crippen LogP) is 3.59. The summed E-state index contributed by atoms with van der Waals surface area (Å²) in [5.74, 6) is 1.79. The van der Waals surface area contributed by atoms with Crippen molar-refractivity contribution < 1.29 is 14.1 Å². The maximum Gasteiger partial charge on any atom is 0.228 e. The number of aromatic amines is 1. The molecule has 1 saturated carbocycles. The lowest BCUT2D eigenvalue weighted by Gasteiger charge is -2.37. The van der Waals surface area contributed by atoms with Crippen molar-refractivity contribution in [2.45, 2.75) is 82.3 Å². The molecule has 9 heteroatoms. The second kappa shape index (κ2) is 7.90. The first kappa shape index (κ1) is 20.8. The molecule has 0 bridgehead atoms. The van der Waals surface area contributed by atoms with Crippen molar-refractivity contribution in [3.63, 3.8) is 0 Å². The van der Waals surface area contributed by atoms with Crippen LogP contribution in [0.2, 0.25) is 0 Å². The van der Waals surface area contributed by atoms with E-state index in [0.29, 0.717) is 41.4 Å². The van der Waals surface area contributed by atoms with E-state index in [-0.39, 0.29) is 6.10 Å². The molecule has 6 rings (SSSR count). The Morgan fingerprint density at radius 1 is 1.21 bits per heavy atom. The maximum atomic E-state index is 13.0. The molecule has 2 aliphatic carbocycles. The van der Waals surface area contributed by atoms with Crippen molar-refractivity contribution >= 4 is 16.8 Å². The largest absolute Gasteiger partial charge is 0.472 e. The fraction of sp³-hybridized carbons (Fsp3) is 0.625. The summed E-state index contributed by atoms with van der Waals surface area (Å²) < 4.78 is 12.2. The summed E-state index contributed by atoms with van der Waals surface area (Å²) in [4.78, 5) is 24.8. The van der Waals surface area contributed by atoms with E-state index in [4.69, 9.17) is 14.2 Å². The molecule has 1 aliphatic heterocycles. The van der Waals surface area contributed by atoms with Crippen molar-refractivity contribution in [2.24, 2.45) is 0 Å². The maximum absolute atomic E-state index is 13.0. The zero-order chi connectivity index (χ0) is 22.6. The molecule has 174 valence electrons. The molecule has 2 fully saturated rings. The van der Waals surface area contributed by atoms with Crippen molar-refractivity contribution in [1.82, 2.24) is 30.2 Å². The van der Waals surface area contributed by atoms with Crippen LogP contribution in [0.1, 0.15) is 69.5 Å². The standard InChI is InChI=1S/C24H30N6O3/c1-14(17-8-6-12-30(17)2)32-23-16-13-25-28-21(16)26-22(27-23)19-15-7-5-11-24(20(15)29-33-19)10-4-3-9-18(24)31/h13-14,17H,3-12H2,1-2H3,(H,25,26,27,28)/t14-,17-,24+/m0/s1.